The average molecular weight is 307 g/mol. The van der Waals surface area contributed by atoms with E-state index in [9.17, 15) is 4.79 Å². The van der Waals surface area contributed by atoms with E-state index in [2.05, 4.69) is 38.6 Å². The molecule has 1 aromatic rings. The van der Waals surface area contributed by atoms with Crippen LogP contribution in [0.4, 0.5) is 0 Å². The Kier molecular flexibility index (Phi) is 4.70. The highest BCUT2D eigenvalue weighted by Crippen LogP contribution is 2.16. The summed E-state index contributed by atoms with van der Waals surface area (Å²) in [6.45, 7) is 0. The molecule has 4 heteroatoms. The average Bonchev–Trinajstić information content (AvgIpc) is 2.40. The molecule has 1 aliphatic rings. The lowest BCUT2D eigenvalue weighted by molar-refractivity contribution is 0.0954. The van der Waals surface area contributed by atoms with Crippen molar-refractivity contribution in [3.8, 4) is 0 Å². The Morgan fingerprint density at radius 3 is 2.94 bits per heavy atom. The molecule has 1 atom stereocenters. The minimum Gasteiger partial charge on any atom is -0.267 e. The molecule has 1 aromatic carbocycles. The highest BCUT2D eigenvalue weighted by molar-refractivity contribution is 9.10. The molecular weight excluding hydrogens is 292 g/mol. The summed E-state index contributed by atoms with van der Waals surface area (Å²) >= 11 is 3.34. The van der Waals surface area contributed by atoms with Crippen molar-refractivity contribution in [3.05, 3.63) is 46.5 Å². The minimum atomic E-state index is -0.190. The zero-order chi connectivity index (χ0) is 12.8. The summed E-state index contributed by atoms with van der Waals surface area (Å²) in [7, 11) is 0. The smallest absolute Gasteiger partial charge is 0.267 e. The summed E-state index contributed by atoms with van der Waals surface area (Å²) in [5, 5.41) is 4.03. The van der Waals surface area contributed by atoms with Crippen molar-refractivity contribution in [3.63, 3.8) is 0 Å². The fourth-order valence-electron chi connectivity index (χ4n) is 1.86. The third kappa shape index (κ3) is 3.53. The number of benzene rings is 1. The second kappa shape index (κ2) is 6.50. The van der Waals surface area contributed by atoms with Crippen molar-refractivity contribution < 1.29 is 4.79 Å². The van der Waals surface area contributed by atoms with E-state index < -0.39 is 0 Å². The predicted molar refractivity (Wildman–Crippen MR) is 76.6 cm³/mol. The first-order valence-electron chi connectivity index (χ1n) is 6.00. The maximum Gasteiger partial charge on any atom is 0.272 e. The standard InChI is InChI=1S/C14H15BrN2O/c15-13-9-5-4-8-12(13)14(18)17-16-10-11-6-2-1-3-7-11/h1-2,4-5,8-11H,3,6-7H2,(H,17,18)/b16-10-/t11-/m0/s1. The van der Waals surface area contributed by atoms with Gasteiger partial charge >= 0.3 is 0 Å². The summed E-state index contributed by atoms with van der Waals surface area (Å²) in [6, 6.07) is 7.30. The monoisotopic (exact) mass is 306 g/mol. The summed E-state index contributed by atoms with van der Waals surface area (Å²) in [5.74, 6) is 0.250. The topological polar surface area (TPSA) is 41.5 Å². The summed E-state index contributed by atoms with van der Waals surface area (Å²) in [6.07, 6.45) is 9.38. The number of hydrogen-bond acceptors (Lipinski definition) is 2. The van der Waals surface area contributed by atoms with E-state index in [4.69, 9.17) is 0 Å². The van der Waals surface area contributed by atoms with Crippen LogP contribution in [0.2, 0.25) is 0 Å². The lowest BCUT2D eigenvalue weighted by Gasteiger charge is -2.11. The lowest BCUT2D eigenvalue weighted by atomic mass is 9.96. The number of hydrazone groups is 1. The van der Waals surface area contributed by atoms with Gasteiger partial charge in [0, 0.05) is 10.7 Å². The van der Waals surface area contributed by atoms with Crippen LogP contribution in [-0.4, -0.2) is 12.1 Å². The Labute approximate surface area is 115 Å². The molecule has 0 aromatic heterocycles. The van der Waals surface area contributed by atoms with Crippen LogP contribution in [0.5, 0.6) is 0 Å². The first-order chi connectivity index (χ1) is 8.77. The lowest BCUT2D eigenvalue weighted by Crippen LogP contribution is -2.19. The van der Waals surface area contributed by atoms with Crippen LogP contribution in [0.3, 0.4) is 0 Å². The van der Waals surface area contributed by atoms with Gasteiger partial charge in [-0.3, -0.25) is 4.79 Å². The number of hydrogen-bond donors (Lipinski definition) is 1. The van der Waals surface area contributed by atoms with Gasteiger partial charge < -0.3 is 0 Å². The van der Waals surface area contributed by atoms with Crippen LogP contribution in [0.1, 0.15) is 29.6 Å². The van der Waals surface area contributed by atoms with E-state index in [1.165, 1.54) is 0 Å². The normalized spacial score (nSPS) is 19.1. The molecule has 0 heterocycles. The maximum atomic E-state index is 11.8. The van der Waals surface area contributed by atoms with Gasteiger partial charge in [-0.05, 0) is 53.2 Å². The molecule has 94 valence electrons. The molecule has 2 rings (SSSR count). The Hall–Kier alpha value is -1.42. The minimum absolute atomic E-state index is 0.190. The van der Waals surface area contributed by atoms with Gasteiger partial charge in [-0.1, -0.05) is 24.3 Å². The van der Waals surface area contributed by atoms with Crippen LogP contribution in [0, 0.1) is 5.92 Å². The van der Waals surface area contributed by atoms with Crippen LogP contribution in [0.15, 0.2) is 46.0 Å². The van der Waals surface area contributed by atoms with Crippen molar-refractivity contribution in [1.29, 1.82) is 0 Å². The van der Waals surface area contributed by atoms with Gasteiger partial charge in [-0.15, -0.1) is 0 Å². The van der Waals surface area contributed by atoms with Gasteiger partial charge in [0.2, 0.25) is 0 Å². The maximum absolute atomic E-state index is 11.8. The number of rotatable bonds is 3. The number of carbonyl (C=O) groups excluding carboxylic acids is 1. The van der Waals surface area contributed by atoms with Crippen molar-refractivity contribution in [2.75, 3.05) is 0 Å². The molecule has 0 unspecified atom stereocenters. The Bertz CT molecular complexity index is 482. The van der Waals surface area contributed by atoms with Crippen molar-refractivity contribution in [2.24, 2.45) is 11.0 Å². The van der Waals surface area contributed by atoms with E-state index in [1.54, 1.807) is 6.07 Å². The Morgan fingerprint density at radius 1 is 1.39 bits per heavy atom. The molecule has 1 amide bonds. The fourth-order valence-corrected chi connectivity index (χ4v) is 2.32. The molecular formula is C14H15BrN2O. The molecule has 0 bridgehead atoms. The van der Waals surface area contributed by atoms with E-state index >= 15 is 0 Å². The van der Waals surface area contributed by atoms with Gasteiger partial charge in [-0.25, -0.2) is 5.43 Å². The van der Waals surface area contributed by atoms with E-state index in [0.717, 1.165) is 23.7 Å². The van der Waals surface area contributed by atoms with Crippen molar-refractivity contribution in [2.45, 2.75) is 19.3 Å². The zero-order valence-electron chi connectivity index (χ0n) is 9.97. The first kappa shape index (κ1) is 13.0. The molecule has 0 aliphatic heterocycles. The second-order valence-electron chi connectivity index (χ2n) is 4.24. The third-order valence-corrected chi connectivity index (χ3v) is 3.57. The predicted octanol–water partition coefficient (Wildman–Crippen LogP) is 3.52. The van der Waals surface area contributed by atoms with Gasteiger partial charge in [0.1, 0.15) is 0 Å². The van der Waals surface area contributed by atoms with Crippen LogP contribution < -0.4 is 5.43 Å². The van der Waals surface area contributed by atoms with E-state index in [-0.39, 0.29) is 5.91 Å². The third-order valence-electron chi connectivity index (χ3n) is 2.88. The highest BCUT2D eigenvalue weighted by atomic mass is 79.9. The van der Waals surface area contributed by atoms with Gasteiger partial charge in [-0.2, -0.15) is 5.10 Å². The van der Waals surface area contributed by atoms with Crippen LogP contribution in [0.25, 0.3) is 0 Å². The number of allylic oxidation sites excluding steroid dienone is 2. The molecule has 1 N–H and O–H groups in total. The number of amides is 1. The molecule has 0 saturated heterocycles. The zero-order valence-corrected chi connectivity index (χ0v) is 11.6. The molecule has 3 nitrogen and oxygen atoms in total. The molecule has 1 aliphatic carbocycles. The summed E-state index contributed by atoms with van der Waals surface area (Å²) < 4.78 is 0.776. The van der Waals surface area contributed by atoms with Crippen LogP contribution in [-0.2, 0) is 0 Å². The van der Waals surface area contributed by atoms with Crippen LogP contribution >= 0.6 is 15.9 Å². The molecule has 0 radical (unpaired) electrons. The highest BCUT2D eigenvalue weighted by Gasteiger charge is 2.09. The van der Waals surface area contributed by atoms with Crippen molar-refractivity contribution in [1.82, 2.24) is 5.43 Å². The fraction of sp³-hybridized carbons (Fsp3) is 0.286. The number of carbonyl (C=O) groups is 1. The molecule has 0 spiro atoms. The Balaban J connectivity index is 1.90. The van der Waals surface area contributed by atoms with Gasteiger partial charge in [0.05, 0.1) is 5.56 Å². The summed E-state index contributed by atoms with van der Waals surface area (Å²) in [4.78, 5) is 11.8. The van der Waals surface area contributed by atoms with Gasteiger partial charge in [0.15, 0.2) is 0 Å². The molecule has 0 saturated carbocycles. The summed E-state index contributed by atoms with van der Waals surface area (Å²) in [5.41, 5.74) is 3.16. The quantitative estimate of drug-likeness (QED) is 0.518. The molecule has 0 fully saturated rings. The SMILES string of the molecule is O=C(N/N=C\[C@H]1CC=CCC1)c1ccccc1Br. The van der Waals surface area contributed by atoms with Gasteiger partial charge in [0.25, 0.3) is 5.91 Å². The Morgan fingerprint density at radius 2 is 2.22 bits per heavy atom. The number of nitrogens with zero attached hydrogens (tertiary/aromatic N) is 1. The first-order valence-corrected chi connectivity index (χ1v) is 6.79. The number of nitrogens with one attached hydrogen (secondary N) is 1. The van der Waals surface area contributed by atoms with Crippen molar-refractivity contribution >= 4 is 28.1 Å². The van der Waals surface area contributed by atoms with E-state index in [1.807, 2.05) is 24.4 Å². The largest absolute Gasteiger partial charge is 0.272 e. The second-order valence-corrected chi connectivity index (χ2v) is 5.10. The number of halogens is 1. The molecule has 18 heavy (non-hydrogen) atoms. The van der Waals surface area contributed by atoms with E-state index in [0.29, 0.717) is 11.5 Å².